The summed E-state index contributed by atoms with van der Waals surface area (Å²) < 4.78 is 36.5. The van der Waals surface area contributed by atoms with Crippen molar-refractivity contribution < 1.29 is 12.8 Å². The second kappa shape index (κ2) is 4.91. The Morgan fingerprint density at radius 1 is 1.05 bits per heavy atom. The van der Waals surface area contributed by atoms with Gasteiger partial charge in [-0.3, -0.25) is 4.98 Å². The van der Waals surface area contributed by atoms with E-state index in [1.54, 1.807) is 12.3 Å². The first-order valence-corrected chi connectivity index (χ1v) is 7.67. The number of halogens is 1. The zero-order valence-electron chi connectivity index (χ0n) is 10.8. The van der Waals surface area contributed by atoms with E-state index >= 15 is 0 Å². The predicted octanol–water partition coefficient (Wildman–Crippen LogP) is 2.69. The minimum absolute atomic E-state index is 0.252. The lowest BCUT2D eigenvalue weighted by Gasteiger charge is -2.06. The third-order valence-corrected chi connectivity index (χ3v) is 4.08. The highest BCUT2D eigenvalue weighted by atomic mass is 32.2. The molecule has 0 unspecified atom stereocenters. The Labute approximate surface area is 121 Å². The van der Waals surface area contributed by atoms with E-state index < -0.39 is 15.8 Å². The molecule has 4 nitrogen and oxygen atoms in total. The van der Waals surface area contributed by atoms with Gasteiger partial charge in [0.05, 0.1) is 10.4 Å². The fraction of sp³-hybridized carbons (Fsp3) is 0. The zero-order chi connectivity index (χ0) is 15.0. The lowest BCUT2D eigenvalue weighted by atomic mass is 10.1. The van der Waals surface area contributed by atoms with Gasteiger partial charge in [0, 0.05) is 22.7 Å². The van der Waals surface area contributed by atoms with Crippen LogP contribution in [-0.2, 0) is 10.0 Å². The molecule has 3 aromatic rings. The SMILES string of the molecule is NS(=O)(=O)c1ccc(-c2cnc3ccccc3c2)c(F)c1. The summed E-state index contributed by atoms with van der Waals surface area (Å²) in [5, 5.41) is 5.86. The van der Waals surface area contributed by atoms with Crippen molar-refractivity contribution in [3.8, 4) is 11.1 Å². The third kappa shape index (κ3) is 2.63. The van der Waals surface area contributed by atoms with Gasteiger partial charge in [-0.05, 0) is 24.3 Å². The highest BCUT2D eigenvalue weighted by Gasteiger charge is 2.13. The largest absolute Gasteiger partial charge is 0.256 e. The van der Waals surface area contributed by atoms with Crippen LogP contribution in [0, 0.1) is 5.82 Å². The van der Waals surface area contributed by atoms with E-state index in [1.165, 1.54) is 12.1 Å². The Kier molecular flexibility index (Phi) is 3.19. The third-order valence-electron chi connectivity index (χ3n) is 3.17. The Bertz CT molecular complexity index is 939. The first kappa shape index (κ1) is 13.7. The molecule has 1 aromatic heterocycles. The van der Waals surface area contributed by atoms with Gasteiger partial charge in [-0.15, -0.1) is 0 Å². The van der Waals surface area contributed by atoms with E-state index in [0.29, 0.717) is 5.56 Å². The molecule has 0 saturated heterocycles. The number of hydrogen-bond acceptors (Lipinski definition) is 3. The van der Waals surface area contributed by atoms with E-state index in [0.717, 1.165) is 17.0 Å². The average Bonchev–Trinajstić information content (AvgIpc) is 2.45. The van der Waals surface area contributed by atoms with Crippen LogP contribution in [0.15, 0.2) is 59.6 Å². The number of sulfonamides is 1. The molecule has 106 valence electrons. The van der Waals surface area contributed by atoms with Crippen LogP contribution in [0.1, 0.15) is 0 Å². The summed E-state index contributed by atoms with van der Waals surface area (Å²) in [5.41, 5.74) is 1.66. The first-order valence-electron chi connectivity index (χ1n) is 6.13. The van der Waals surface area contributed by atoms with Gasteiger partial charge in [0.2, 0.25) is 10.0 Å². The van der Waals surface area contributed by atoms with Gasteiger partial charge in [0.1, 0.15) is 5.82 Å². The first-order chi connectivity index (χ1) is 9.95. The fourth-order valence-electron chi connectivity index (χ4n) is 2.13. The smallest absolute Gasteiger partial charge is 0.238 e. The minimum Gasteiger partial charge on any atom is -0.256 e. The highest BCUT2D eigenvalue weighted by Crippen LogP contribution is 2.26. The van der Waals surface area contributed by atoms with Gasteiger partial charge in [0.25, 0.3) is 0 Å². The molecule has 0 radical (unpaired) electrons. The van der Waals surface area contributed by atoms with Crippen molar-refractivity contribution in [3.63, 3.8) is 0 Å². The Hall–Kier alpha value is -2.31. The summed E-state index contributed by atoms with van der Waals surface area (Å²) in [6, 6.07) is 12.9. The van der Waals surface area contributed by atoms with E-state index in [9.17, 15) is 12.8 Å². The van der Waals surface area contributed by atoms with E-state index in [1.807, 2.05) is 24.3 Å². The number of rotatable bonds is 2. The standard InChI is InChI=1S/C15H11FN2O2S/c16-14-8-12(21(17,19)20)5-6-13(14)11-7-10-3-1-2-4-15(10)18-9-11/h1-9H,(H2,17,19,20). The van der Waals surface area contributed by atoms with Crippen LogP contribution in [0.5, 0.6) is 0 Å². The maximum absolute atomic E-state index is 14.1. The molecule has 0 saturated carbocycles. The Balaban J connectivity index is 2.14. The van der Waals surface area contributed by atoms with Crippen LogP contribution < -0.4 is 5.14 Å². The minimum atomic E-state index is -3.91. The van der Waals surface area contributed by atoms with E-state index in [4.69, 9.17) is 5.14 Å². The summed E-state index contributed by atoms with van der Waals surface area (Å²) >= 11 is 0. The summed E-state index contributed by atoms with van der Waals surface area (Å²) in [6.45, 7) is 0. The van der Waals surface area contributed by atoms with Crippen molar-refractivity contribution in [2.75, 3.05) is 0 Å². The molecule has 0 fully saturated rings. The summed E-state index contributed by atoms with van der Waals surface area (Å²) in [5.74, 6) is -0.654. The maximum atomic E-state index is 14.1. The Morgan fingerprint density at radius 2 is 1.81 bits per heavy atom. The van der Waals surface area contributed by atoms with Crippen LogP contribution in [0.25, 0.3) is 22.0 Å². The molecule has 1 heterocycles. The van der Waals surface area contributed by atoms with Gasteiger partial charge in [0.15, 0.2) is 0 Å². The number of para-hydroxylation sites is 1. The monoisotopic (exact) mass is 302 g/mol. The molecule has 0 atom stereocenters. The van der Waals surface area contributed by atoms with Gasteiger partial charge in [-0.25, -0.2) is 17.9 Å². The van der Waals surface area contributed by atoms with Gasteiger partial charge in [-0.1, -0.05) is 24.3 Å². The second-order valence-electron chi connectivity index (χ2n) is 4.60. The number of pyridine rings is 1. The van der Waals surface area contributed by atoms with E-state index in [2.05, 4.69) is 4.98 Å². The number of hydrogen-bond donors (Lipinski definition) is 1. The molecule has 2 aromatic carbocycles. The topological polar surface area (TPSA) is 73.1 Å². The predicted molar refractivity (Wildman–Crippen MR) is 78.5 cm³/mol. The van der Waals surface area contributed by atoms with Crippen LogP contribution >= 0.6 is 0 Å². The average molecular weight is 302 g/mol. The van der Waals surface area contributed by atoms with Crippen molar-refractivity contribution in [2.45, 2.75) is 4.90 Å². The molecule has 0 aliphatic carbocycles. The number of fused-ring (bicyclic) bond motifs is 1. The normalized spacial score (nSPS) is 11.7. The molecule has 21 heavy (non-hydrogen) atoms. The summed E-state index contributed by atoms with van der Waals surface area (Å²) in [4.78, 5) is 4.01. The second-order valence-corrected chi connectivity index (χ2v) is 6.16. The van der Waals surface area contributed by atoms with Crippen LogP contribution in [0.3, 0.4) is 0 Å². The van der Waals surface area contributed by atoms with Crippen molar-refractivity contribution >= 4 is 20.9 Å². The molecule has 0 aliphatic rings. The molecule has 0 amide bonds. The number of nitrogens with zero attached hydrogens (tertiary/aromatic N) is 1. The van der Waals surface area contributed by atoms with Gasteiger partial charge < -0.3 is 0 Å². The number of aromatic nitrogens is 1. The van der Waals surface area contributed by atoms with Crippen molar-refractivity contribution in [2.24, 2.45) is 5.14 Å². The zero-order valence-corrected chi connectivity index (χ0v) is 11.6. The van der Waals surface area contributed by atoms with Gasteiger partial charge in [-0.2, -0.15) is 0 Å². The maximum Gasteiger partial charge on any atom is 0.238 e. The van der Waals surface area contributed by atoms with Crippen molar-refractivity contribution in [3.05, 3.63) is 60.5 Å². The molecule has 0 aliphatic heterocycles. The van der Waals surface area contributed by atoms with Gasteiger partial charge >= 0.3 is 0 Å². The summed E-state index contributed by atoms with van der Waals surface area (Å²) in [7, 11) is -3.91. The number of primary sulfonamides is 1. The molecular formula is C15H11FN2O2S. The van der Waals surface area contributed by atoms with Crippen LogP contribution in [-0.4, -0.2) is 13.4 Å². The van der Waals surface area contributed by atoms with Crippen LogP contribution in [0.2, 0.25) is 0 Å². The number of benzene rings is 2. The van der Waals surface area contributed by atoms with Crippen molar-refractivity contribution in [1.29, 1.82) is 0 Å². The molecule has 3 rings (SSSR count). The molecule has 2 N–H and O–H groups in total. The molecule has 6 heteroatoms. The molecule has 0 bridgehead atoms. The summed E-state index contributed by atoms with van der Waals surface area (Å²) in [6.07, 6.45) is 1.55. The van der Waals surface area contributed by atoms with Crippen LogP contribution in [0.4, 0.5) is 4.39 Å². The highest BCUT2D eigenvalue weighted by molar-refractivity contribution is 7.89. The Morgan fingerprint density at radius 3 is 2.52 bits per heavy atom. The number of nitrogens with two attached hydrogens (primary N) is 1. The fourth-order valence-corrected chi connectivity index (χ4v) is 2.65. The quantitative estimate of drug-likeness (QED) is 0.791. The lowest BCUT2D eigenvalue weighted by molar-refractivity contribution is 0.593. The molecular weight excluding hydrogens is 291 g/mol. The lowest BCUT2D eigenvalue weighted by Crippen LogP contribution is -2.12. The van der Waals surface area contributed by atoms with E-state index in [-0.39, 0.29) is 10.5 Å². The molecule has 0 spiro atoms. The van der Waals surface area contributed by atoms with Crippen molar-refractivity contribution in [1.82, 2.24) is 4.98 Å².